The lowest BCUT2D eigenvalue weighted by Crippen LogP contribution is -2.30. The number of carbonyl (C=O) groups excluding carboxylic acids is 2. The number of carbonyl (C=O) groups is 2. The quantitative estimate of drug-likeness (QED) is 0.805. The summed E-state index contributed by atoms with van der Waals surface area (Å²) in [5.74, 6) is -0.425. The van der Waals surface area contributed by atoms with Gasteiger partial charge >= 0.3 is 5.97 Å². The smallest absolute Gasteiger partial charge is 0.315 e. The Morgan fingerprint density at radius 3 is 2.30 bits per heavy atom. The third-order valence-electron chi connectivity index (χ3n) is 3.09. The molecule has 0 aliphatic carbocycles. The molecule has 0 radical (unpaired) electrons. The summed E-state index contributed by atoms with van der Waals surface area (Å²) >= 11 is 0. The molecule has 0 aliphatic heterocycles. The Morgan fingerprint density at radius 1 is 1.30 bits per heavy atom. The van der Waals surface area contributed by atoms with Gasteiger partial charge in [-0.2, -0.15) is 0 Å². The SMILES string of the molecule is COC(=O)C(C)(C)c1ccc(NC(=O)CC(C)N)cc1. The van der Waals surface area contributed by atoms with E-state index < -0.39 is 5.41 Å². The Morgan fingerprint density at radius 2 is 1.85 bits per heavy atom. The van der Waals surface area contributed by atoms with Gasteiger partial charge in [0.1, 0.15) is 0 Å². The van der Waals surface area contributed by atoms with Crippen molar-refractivity contribution < 1.29 is 14.3 Å². The Kier molecular flexibility index (Phi) is 5.27. The molecule has 0 bridgehead atoms. The number of hydrogen-bond acceptors (Lipinski definition) is 4. The highest BCUT2D eigenvalue weighted by Gasteiger charge is 2.30. The standard InChI is InChI=1S/C15H22N2O3/c1-10(16)9-13(18)17-12-7-5-11(6-8-12)15(2,3)14(19)20-4/h5-8,10H,9,16H2,1-4H3,(H,17,18). The van der Waals surface area contributed by atoms with Gasteiger partial charge in [-0.15, -0.1) is 0 Å². The highest BCUT2D eigenvalue weighted by Crippen LogP contribution is 2.25. The highest BCUT2D eigenvalue weighted by molar-refractivity contribution is 5.91. The minimum absolute atomic E-state index is 0.125. The predicted octanol–water partition coefficient (Wildman–Crippen LogP) is 1.81. The van der Waals surface area contributed by atoms with Gasteiger partial charge in [0.25, 0.3) is 0 Å². The van der Waals surface area contributed by atoms with Crippen LogP contribution in [0.1, 0.15) is 32.8 Å². The van der Waals surface area contributed by atoms with Crippen molar-refractivity contribution in [1.29, 1.82) is 0 Å². The summed E-state index contributed by atoms with van der Waals surface area (Å²) in [6.45, 7) is 5.37. The van der Waals surface area contributed by atoms with E-state index in [2.05, 4.69) is 5.32 Å². The van der Waals surface area contributed by atoms with Crippen LogP contribution in [0.4, 0.5) is 5.69 Å². The van der Waals surface area contributed by atoms with E-state index in [9.17, 15) is 9.59 Å². The molecular weight excluding hydrogens is 256 g/mol. The van der Waals surface area contributed by atoms with Crippen LogP contribution in [0.5, 0.6) is 0 Å². The van der Waals surface area contributed by atoms with Gasteiger partial charge in [0, 0.05) is 18.2 Å². The largest absolute Gasteiger partial charge is 0.468 e. The summed E-state index contributed by atoms with van der Waals surface area (Å²) in [4.78, 5) is 23.3. The van der Waals surface area contributed by atoms with Crippen molar-refractivity contribution in [1.82, 2.24) is 0 Å². The molecule has 1 unspecified atom stereocenters. The Hall–Kier alpha value is -1.88. The second kappa shape index (κ2) is 6.52. The summed E-state index contributed by atoms with van der Waals surface area (Å²) in [6, 6.07) is 6.96. The summed E-state index contributed by atoms with van der Waals surface area (Å²) in [7, 11) is 1.37. The predicted molar refractivity (Wildman–Crippen MR) is 78.4 cm³/mol. The average molecular weight is 278 g/mol. The summed E-state index contributed by atoms with van der Waals surface area (Å²) in [5.41, 5.74) is 6.35. The molecule has 0 fully saturated rings. The van der Waals surface area contributed by atoms with E-state index in [0.717, 1.165) is 5.56 Å². The van der Waals surface area contributed by atoms with Crippen molar-refractivity contribution in [3.05, 3.63) is 29.8 Å². The van der Waals surface area contributed by atoms with Gasteiger partial charge in [-0.3, -0.25) is 9.59 Å². The number of nitrogens with one attached hydrogen (secondary N) is 1. The van der Waals surface area contributed by atoms with E-state index in [0.29, 0.717) is 5.69 Å². The van der Waals surface area contributed by atoms with E-state index in [1.807, 2.05) is 0 Å². The van der Waals surface area contributed by atoms with Crippen LogP contribution in [0.2, 0.25) is 0 Å². The summed E-state index contributed by atoms with van der Waals surface area (Å²) in [5, 5.41) is 2.76. The molecule has 3 N–H and O–H groups in total. The van der Waals surface area contributed by atoms with Crippen molar-refractivity contribution in [3.8, 4) is 0 Å². The van der Waals surface area contributed by atoms with Crippen molar-refractivity contribution in [2.45, 2.75) is 38.6 Å². The molecule has 110 valence electrons. The molecule has 0 aromatic heterocycles. The van der Waals surface area contributed by atoms with Gasteiger partial charge in [0.15, 0.2) is 0 Å². The number of anilines is 1. The van der Waals surface area contributed by atoms with Crippen LogP contribution >= 0.6 is 0 Å². The van der Waals surface area contributed by atoms with Crippen molar-refractivity contribution in [2.75, 3.05) is 12.4 Å². The molecule has 0 saturated carbocycles. The lowest BCUT2D eigenvalue weighted by Gasteiger charge is -2.22. The van der Waals surface area contributed by atoms with Crippen LogP contribution in [0, 0.1) is 0 Å². The topological polar surface area (TPSA) is 81.4 Å². The molecule has 20 heavy (non-hydrogen) atoms. The van der Waals surface area contributed by atoms with Crippen molar-refractivity contribution >= 4 is 17.6 Å². The monoisotopic (exact) mass is 278 g/mol. The Balaban J connectivity index is 2.79. The van der Waals surface area contributed by atoms with E-state index in [4.69, 9.17) is 10.5 Å². The molecule has 5 heteroatoms. The number of amides is 1. The molecule has 0 spiro atoms. The lowest BCUT2D eigenvalue weighted by molar-refractivity contribution is -0.146. The number of benzene rings is 1. The first kappa shape index (κ1) is 16.2. The van der Waals surface area contributed by atoms with Gasteiger partial charge in [-0.05, 0) is 38.5 Å². The highest BCUT2D eigenvalue weighted by atomic mass is 16.5. The Bertz CT molecular complexity index is 478. The maximum absolute atomic E-state index is 11.7. The van der Waals surface area contributed by atoms with Crippen LogP contribution in [0.3, 0.4) is 0 Å². The zero-order valence-corrected chi connectivity index (χ0v) is 12.4. The first-order valence-corrected chi connectivity index (χ1v) is 6.51. The number of esters is 1. The van der Waals surface area contributed by atoms with Crippen LogP contribution in [0.15, 0.2) is 24.3 Å². The summed E-state index contributed by atoms with van der Waals surface area (Å²) < 4.78 is 4.79. The van der Waals surface area contributed by atoms with E-state index in [1.54, 1.807) is 45.0 Å². The maximum atomic E-state index is 11.7. The van der Waals surface area contributed by atoms with Crippen molar-refractivity contribution in [3.63, 3.8) is 0 Å². The maximum Gasteiger partial charge on any atom is 0.315 e. The van der Waals surface area contributed by atoms with E-state index in [-0.39, 0.29) is 24.3 Å². The second-order valence-corrected chi connectivity index (χ2v) is 5.42. The first-order valence-electron chi connectivity index (χ1n) is 6.51. The fourth-order valence-electron chi connectivity index (χ4n) is 1.85. The molecule has 0 aliphatic rings. The number of methoxy groups -OCH3 is 1. The lowest BCUT2D eigenvalue weighted by atomic mass is 9.85. The zero-order chi connectivity index (χ0) is 15.3. The molecule has 5 nitrogen and oxygen atoms in total. The fraction of sp³-hybridized carbons (Fsp3) is 0.467. The molecule has 1 amide bonds. The van der Waals surface area contributed by atoms with Gasteiger partial charge in [-0.1, -0.05) is 12.1 Å². The molecule has 1 rings (SSSR count). The third-order valence-corrected chi connectivity index (χ3v) is 3.09. The number of rotatable bonds is 5. The second-order valence-electron chi connectivity index (χ2n) is 5.42. The van der Waals surface area contributed by atoms with Gasteiger partial charge in [-0.25, -0.2) is 0 Å². The molecule has 1 aromatic rings. The number of hydrogen-bond donors (Lipinski definition) is 2. The van der Waals surface area contributed by atoms with Crippen molar-refractivity contribution in [2.24, 2.45) is 5.73 Å². The van der Waals surface area contributed by atoms with E-state index >= 15 is 0 Å². The minimum Gasteiger partial charge on any atom is -0.468 e. The van der Waals surface area contributed by atoms with E-state index in [1.165, 1.54) is 7.11 Å². The molecule has 1 atom stereocenters. The molecule has 0 heterocycles. The Labute approximate surface area is 119 Å². The minimum atomic E-state index is -0.719. The fourth-order valence-corrected chi connectivity index (χ4v) is 1.85. The molecular formula is C15H22N2O3. The van der Waals surface area contributed by atoms with Gasteiger partial charge < -0.3 is 15.8 Å². The number of ether oxygens (including phenoxy) is 1. The molecule has 1 aromatic carbocycles. The van der Waals surface area contributed by atoms with Gasteiger partial charge in [0.2, 0.25) is 5.91 Å². The average Bonchev–Trinajstić information content (AvgIpc) is 2.37. The molecule has 0 saturated heterocycles. The summed E-state index contributed by atoms with van der Waals surface area (Å²) in [6.07, 6.45) is 0.273. The van der Waals surface area contributed by atoms with Crippen LogP contribution in [-0.2, 0) is 19.7 Å². The normalized spacial score (nSPS) is 12.7. The third kappa shape index (κ3) is 4.06. The zero-order valence-electron chi connectivity index (χ0n) is 12.4. The van der Waals surface area contributed by atoms with Gasteiger partial charge in [0.05, 0.1) is 12.5 Å². The van der Waals surface area contributed by atoms with Crippen LogP contribution in [-0.4, -0.2) is 25.0 Å². The number of nitrogens with two attached hydrogens (primary N) is 1. The van der Waals surface area contributed by atoms with Crippen LogP contribution in [0.25, 0.3) is 0 Å². The van der Waals surface area contributed by atoms with Crippen LogP contribution < -0.4 is 11.1 Å². The first-order chi connectivity index (χ1) is 9.27.